The van der Waals surface area contributed by atoms with Crippen molar-refractivity contribution in [3.63, 3.8) is 0 Å². The standard InChI is InChI=1S/C12H16N2O3S/c15-12(6-8-13-9-7-12)10-14-18(16,17)11-4-2-1-3-5-11/h1-5,10,13,15H,6-9H2. The van der Waals surface area contributed by atoms with Crippen molar-refractivity contribution >= 4 is 16.2 Å². The normalized spacial score (nSPS) is 20.1. The number of piperidine rings is 1. The van der Waals surface area contributed by atoms with Crippen LogP contribution in [0.1, 0.15) is 12.8 Å². The second-order valence-corrected chi connectivity index (χ2v) is 6.01. The van der Waals surface area contributed by atoms with Gasteiger partial charge >= 0.3 is 0 Å². The molecule has 1 aliphatic heterocycles. The van der Waals surface area contributed by atoms with E-state index in [0.29, 0.717) is 25.9 Å². The largest absolute Gasteiger partial charge is 0.384 e. The lowest BCUT2D eigenvalue weighted by atomic mass is 9.94. The molecule has 1 saturated heterocycles. The van der Waals surface area contributed by atoms with Crippen molar-refractivity contribution in [1.82, 2.24) is 5.32 Å². The first kappa shape index (κ1) is 13.2. The SMILES string of the molecule is O=S(=O)(N=CC1(O)CCNCC1)c1ccccc1. The molecule has 1 aliphatic rings. The predicted molar refractivity (Wildman–Crippen MR) is 69.2 cm³/mol. The Hall–Kier alpha value is -1.24. The Bertz CT molecular complexity index is 520. The van der Waals surface area contributed by atoms with Gasteiger partial charge in [0.25, 0.3) is 10.0 Å². The number of rotatable bonds is 3. The fourth-order valence-corrected chi connectivity index (χ4v) is 2.77. The molecule has 2 N–H and O–H groups in total. The van der Waals surface area contributed by atoms with Gasteiger partial charge in [0.1, 0.15) is 5.60 Å². The van der Waals surface area contributed by atoms with Gasteiger partial charge < -0.3 is 10.4 Å². The molecule has 0 radical (unpaired) electrons. The van der Waals surface area contributed by atoms with Crippen LogP contribution in [0.4, 0.5) is 0 Å². The van der Waals surface area contributed by atoms with Crippen LogP contribution < -0.4 is 5.32 Å². The third-order valence-corrected chi connectivity index (χ3v) is 4.19. The van der Waals surface area contributed by atoms with Crippen LogP contribution in [-0.2, 0) is 10.0 Å². The number of hydrogen-bond acceptors (Lipinski definition) is 4. The van der Waals surface area contributed by atoms with E-state index in [1.807, 2.05) is 0 Å². The summed E-state index contributed by atoms with van der Waals surface area (Å²) in [7, 11) is -3.71. The maximum Gasteiger partial charge on any atom is 0.282 e. The van der Waals surface area contributed by atoms with E-state index in [1.165, 1.54) is 12.1 Å². The predicted octanol–water partition coefficient (Wildman–Crippen LogP) is 0.561. The van der Waals surface area contributed by atoms with Crippen molar-refractivity contribution in [1.29, 1.82) is 0 Å². The summed E-state index contributed by atoms with van der Waals surface area (Å²) in [6.45, 7) is 1.32. The summed E-state index contributed by atoms with van der Waals surface area (Å²) in [5.41, 5.74) is -1.12. The first-order chi connectivity index (χ1) is 8.52. The van der Waals surface area contributed by atoms with Crippen molar-refractivity contribution in [2.24, 2.45) is 4.40 Å². The lowest BCUT2D eigenvalue weighted by Gasteiger charge is -2.28. The minimum absolute atomic E-state index is 0.138. The van der Waals surface area contributed by atoms with Crippen LogP contribution >= 0.6 is 0 Å². The van der Waals surface area contributed by atoms with Crippen LogP contribution in [0.25, 0.3) is 0 Å². The van der Waals surface area contributed by atoms with Gasteiger partial charge in [0.15, 0.2) is 0 Å². The second kappa shape index (κ2) is 5.17. The van der Waals surface area contributed by atoms with Gasteiger partial charge in [0.05, 0.1) is 4.90 Å². The molecule has 1 fully saturated rings. The van der Waals surface area contributed by atoms with Gasteiger partial charge in [0.2, 0.25) is 0 Å². The summed E-state index contributed by atoms with van der Waals surface area (Å²) in [4.78, 5) is 0.138. The molecule has 1 heterocycles. The maximum atomic E-state index is 11.9. The molecule has 5 nitrogen and oxygen atoms in total. The molecule has 6 heteroatoms. The van der Waals surface area contributed by atoms with Crippen molar-refractivity contribution in [2.75, 3.05) is 13.1 Å². The smallest absolute Gasteiger partial charge is 0.282 e. The third-order valence-electron chi connectivity index (χ3n) is 2.94. The van der Waals surface area contributed by atoms with Crippen LogP contribution in [0.15, 0.2) is 39.6 Å². The van der Waals surface area contributed by atoms with E-state index in [0.717, 1.165) is 6.21 Å². The lowest BCUT2D eigenvalue weighted by molar-refractivity contribution is 0.0830. The average molecular weight is 268 g/mol. The Kier molecular flexibility index (Phi) is 3.79. The number of nitrogens with zero attached hydrogens (tertiary/aromatic N) is 1. The highest BCUT2D eigenvalue weighted by Gasteiger charge is 2.28. The van der Waals surface area contributed by atoms with Gasteiger partial charge in [-0.1, -0.05) is 18.2 Å². The number of aliphatic hydroxyl groups is 1. The molecular formula is C12H16N2O3S. The molecule has 1 aromatic carbocycles. The van der Waals surface area contributed by atoms with Gasteiger partial charge in [-0.3, -0.25) is 0 Å². The van der Waals surface area contributed by atoms with E-state index < -0.39 is 15.6 Å². The molecule has 98 valence electrons. The van der Waals surface area contributed by atoms with Gasteiger partial charge in [-0.25, -0.2) is 0 Å². The Morgan fingerprint density at radius 2 is 1.83 bits per heavy atom. The van der Waals surface area contributed by atoms with E-state index >= 15 is 0 Å². The van der Waals surface area contributed by atoms with E-state index in [4.69, 9.17) is 0 Å². The summed E-state index contributed by atoms with van der Waals surface area (Å²) < 4.78 is 27.4. The molecule has 0 atom stereocenters. The van der Waals surface area contributed by atoms with E-state index in [9.17, 15) is 13.5 Å². The topological polar surface area (TPSA) is 78.8 Å². The molecule has 0 amide bonds. The second-order valence-electron chi connectivity index (χ2n) is 4.38. The Morgan fingerprint density at radius 3 is 2.44 bits per heavy atom. The molecule has 0 aliphatic carbocycles. The van der Waals surface area contributed by atoms with Crippen LogP contribution in [0.2, 0.25) is 0 Å². The van der Waals surface area contributed by atoms with E-state index in [1.54, 1.807) is 18.2 Å². The Morgan fingerprint density at radius 1 is 1.22 bits per heavy atom. The van der Waals surface area contributed by atoms with Crippen LogP contribution in [0, 0.1) is 0 Å². The fourth-order valence-electron chi connectivity index (χ4n) is 1.81. The summed E-state index contributed by atoms with van der Waals surface area (Å²) in [5, 5.41) is 13.2. The van der Waals surface area contributed by atoms with Crippen molar-refractivity contribution in [3.8, 4) is 0 Å². The zero-order chi connectivity index (χ0) is 13.1. The number of sulfonamides is 1. The Balaban J connectivity index is 2.18. The molecule has 2 rings (SSSR count). The summed E-state index contributed by atoms with van der Waals surface area (Å²) in [5.74, 6) is 0. The number of hydrogen-bond donors (Lipinski definition) is 2. The lowest BCUT2D eigenvalue weighted by Crippen LogP contribution is -2.43. The maximum absolute atomic E-state index is 11.9. The monoisotopic (exact) mass is 268 g/mol. The molecule has 0 unspecified atom stereocenters. The zero-order valence-corrected chi connectivity index (χ0v) is 10.7. The average Bonchev–Trinajstić information content (AvgIpc) is 2.39. The highest BCUT2D eigenvalue weighted by atomic mass is 32.2. The minimum Gasteiger partial charge on any atom is -0.384 e. The summed E-state index contributed by atoms with van der Waals surface area (Å²) >= 11 is 0. The quantitative estimate of drug-likeness (QED) is 0.785. The van der Waals surface area contributed by atoms with Crippen LogP contribution in [-0.4, -0.2) is 38.4 Å². The molecule has 0 bridgehead atoms. The molecule has 1 aromatic rings. The van der Waals surface area contributed by atoms with E-state index in [2.05, 4.69) is 9.71 Å². The number of benzene rings is 1. The molecule has 18 heavy (non-hydrogen) atoms. The molecular weight excluding hydrogens is 252 g/mol. The van der Waals surface area contributed by atoms with Gasteiger partial charge in [-0.05, 0) is 38.1 Å². The van der Waals surface area contributed by atoms with E-state index in [-0.39, 0.29) is 4.90 Å². The first-order valence-electron chi connectivity index (χ1n) is 5.82. The number of nitrogens with one attached hydrogen (secondary N) is 1. The van der Waals surface area contributed by atoms with Gasteiger partial charge in [-0.2, -0.15) is 12.8 Å². The Labute approximate surface area is 107 Å². The van der Waals surface area contributed by atoms with Crippen molar-refractivity contribution in [3.05, 3.63) is 30.3 Å². The van der Waals surface area contributed by atoms with Crippen LogP contribution in [0.3, 0.4) is 0 Å². The van der Waals surface area contributed by atoms with Crippen LogP contribution in [0.5, 0.6) is 0 Å². The molecule has 0 aromatic heterocycles. The molecule has 0 spiro atoms. The first-order valence-corrected chi connectivity index (χ1v) is 7.26. The summed E-state index contributed by atoms with van der Waals surface area (Å²) in [6.07, 6.45) is 2.11. The third kappa shape index (κ3) is 3.16. The molecule has 0 saturated carbocycles. The van der Waals surface area contributed by atoms with Gasteiger partial charge in [0, 0.05) is 6.21 Å². The van der Waals surface area contributed by atoms with Crippen molar-refractivity contribution in [2.45, 2.75) is 23.3 Å². The highest BCUT2D eigenvalue weighted by molar-refractivity contribution is 7.90. The van der Waals surface area contributed by atoms with Crippen molar-refractivity contribution < 1.29 is 13.5 Å². The zero-order valence-electron chi connectivity index (χ0n) is 9.91. The highest BCUT2D eigenvalue weighted by Crippen LogP contribution is 2.17. The fraction of sp³-hybridized carbons (Fsp3) is 0.417. The van der Waals surface area contributed by atoms with Gasteiger partial charge in [-0.15, -0.1) is 0 Å². The minimum atomic E-state index is -3.71. The summed E-state index contributed by atoms with van der Waals surface area (Å²) in [6, 6.07) is 7.99.